The van der Waals surface area contributed by atoms with E-state index < -0.39 is 11.9 Å². The molecule has 0 saturated carbocycles. The standard InChI is InChI=1S/C27H21N5O6S/c1-35-19-9-7-16(13-22(19)37-3)26(34)38-20-8-6-15(12-21(20)36-2)11-18-23(28)32-27(30-24(18)33)39-25(31-32)17-5-4-10-29-14-17/h4-14,28H,1-3H3. The van der Waals surface area contributed by atoms with Crippen LogP contribution in [0.5, 0.6) is 23.0 Å². The predicted octanol–water partition coefficient (Wildman–Crippen LogP) is 3.99. The minimum Gasteiger partial charge on any atom is -0.493 e. The van der Waals surface area contributed by atoms with Gasteiger partial charge in [0.15, 0.2) is 28.8 Å². The molecule has 0 atom stereocenters. The van der Waals surface area contributed by atoms with Crippen LogP contribution in [-0.2, 0) is 4.79 Å². The summed E-state index contributed by atoms with van der Waals surface area (Å²) in [6.45, 7) is 0. The second-order valence-corrected chi connectivity index (χ2v) is 8.99. The minimum atomic E-state index is -0.625. The number of hydrazone groups is 1. The average Bonchev–Trinajstić information content (AvgIpc) is 3.40. The van der Waals surface area contributed by atoms with Crippen LogP contribution in [-0.4, -0.2) is 59.2 Å². The van der Waals surface area contributed by atoms with Crippen LogP contribution in [0.1, 0.15) is 21.5 Å². The van der Waals surface area contributed by atoms with Gasteiger partial charge in [-0.2, -0.15) is 15.1 Å². The first-order valence-electron chi connectivity index (χ1n) is 11.4. The summed E-state index contributed by atoms with van der Waals surface area (Å²) in [6, 6.07) is 13.1. The van der Waals surface area contributed by atoms with Crippen LogP contribution in [0.2, 0.25) is 0 Å². The highest BCUT2D eigenvalue weighted by molar-refractivity contribution is 8.27. The zero-order valence-corrected chi connectivity index (χ0v) is 21.8. The van der Waals surface area contributed by atoms with Crippen molar-refractivity contribution in [3.05, 3.63) is 83.2 Å². The number of aliphatic imine (C=N–C) groups is 1. The van der Waals surface area contributed by atoms with Crippen molar-refractivity contribution >= 4 is 45.8 Å². The maximum absolute atomic E-state index is 12.8. The van der Waals surface area contributed by atoms with Gasteiger partial charge in [0.2, 0.25) is 5.17 Å². The molecule has 2 aromatic carbocycles. The van der Waals surface area contributed by atoms with Crippen molar-refractivity contribution < 1.29 is 28.5 Å². The maximum atomic E-state index is 12.8. The number of pyridine rings is 1. The fourth-order valence-electron chi connectivity index (χ4n) is 3.74. The van der Waals surface area contributed by atoms with Crippen molar-refractivity contribution in [2.45, 2.75) is 0 Å². The zero-order valence-electron chi connectivity index (χ0n) is 21.0. The summed E-state index contributed by atoms with van der Waals surface area (Å²) in [6.07, 6.45) is 4.81. The molecule has 3 heterocycles. The minimum absolute atomic E-state index is 0.0488. The Morgan fingerprint density at radius 3 is 2.44 bits per heavy atom. The maximum Gasteiger partial charge on any atom is 0.343 e. The highest BCUT2D eigenvalue weighted by Crippen LogP contribution is 2.34. The lowest BCUT2D eigenvalue weighted by molar-refractivity contribution is -0.114. The van der Waals surface area contributed by atoms with E-state index in [1.165, 1.54) is 50.2 Å². The Hall–Kier alpha value is -4.97. The van der Waals surface area contributed by atoms with Crippen molar-refractivity contribution in [3.63, 3.8) is 0 Å². The lowest BCUT2D eigenvalue weighted by atomic mass is 10.1. The number of esters is 1. The number of thioether (sulfide) groups is 1. The third-order valence-corrected chi connectivity index (χ3v) is 6.64. The molecule has 0 unspecified atom stereocenters. The van der Waals surface area contributed by atoms with E-state index in [0.29, 0.717) is 27.3 Å². The van der Waals surface area contributed by atoms with Crippen LogP contribution in [0.3, 0.4) is 0 Å². The quantitative estimate of drug-likeness (QED) is 0.266. The lowest BCUT2D eigenvalue weighted by Gasteiger charge is -2.20. The number of amides is 1. The summed E-state index contributed by atoms with van der Waals surface area (Å²) in [7, 11) is 4.41. The smallest absolute Gasteiger partial charge is 0.343 e. The number of fused-ring (bicyclic) bond motifs is 1. The Bertz CT molecular complexity index is 1580. The Labute approximate surface area is 227 Å². The molecule has 0 radical (unpaired) electrons. The Morgan fingerprint density at radius 1 is 0.974 bits per heavy atom. The normalized spacial score (nSPS) is 15.5. The summed E-state index contributed by atoms with van der Waals surface area (Å²) in [5.74, 6) is -0.00414. The summed E-state index contributed by atoms with van der Waals surface area (Å²) in [4.78, 5) is 33.8. The number of aromatic nitrogens is 1. The Balaban J connectivity index is 1.38. The first kappa shape index (κ1) is 25.7. The van der Waals surface area contributed by atoms with Crippen molar-refractivity contribution in [2.24, 2.45) is 10.1 Å². The van der Waals surface area contributed by atoms with E-state index in [-0.39, 0.29) is 28.5 Å². The fourth-order valence-corrected chi connectivity index (χ4v) is 4.63. The van der Waals surface area contributed by atoms with E-state index in [4.69, 9.17) is 24.4 Å². The molecular weight excluding hydrogens is 522 g/mol. The predicted molar refractivity (Wildman–Crippen MR) is 146 cm³/mol. The number of nitrogens with one attached hydrogen (secondary N) is 1. The molecule has 5 rings (SSSR count). The number of benzene rings is 2. The highest BCUT2D eigenvalue weighted by atomic mass is 32.2. The van der Waals surface area contributed by atoms with Gasteiger partial charge in [-0.25, -0.2) is 4.79 Å². The van der Waals surface area contributed by atoms with E-state index in [1.807, 2.05) is 6.07 Å². The van der Waals surface area contributed by atoms with Gasteiger partial charge in [-0.1, -0.05) is 6.07 Å². The molecular formula is C27H21N5O6S. The summed E-state index contributed by atoms with van der Waals surface area (Å²) >= 11 is 1.19. The Kier molecular flexibility index (Phi) is 7.10. The molecule has 0 saturated heterocycles. The van der Waals surface area contributed by atoms with Crippen molar-refractivity contribution in [2.75, 3.05) is 21.3 Å². The third kappa shape index (κ3) is 5.09. The molecule has 1 N–H and O–H groups in total. The second-order valence-electron chi connectivity index (χ2n) is 8.04. The number of rotatable bonds is 7. The monoisotopic (exact) mass is 543 g/mol. The second kappa shape index (κ2) is 10.8. The SMILES string of the molecule is COc1ccc(C(=O)Oc2ccc(C=C3C(=N)N4N=C(c5cccnc5)SC4=NC3=O)cc2OC)cc1OC. The third-order valence-electron chi connectivity index (χ3n) is 5.68. The van der Waals surface area contributed by atoms with Crippen molar-refractivity contribution in [1.29, 1.82) is 5.41 Å². The molecule has 1 aromatic heterocycles. The number of carbonyl (C=O) groups excluding carboxylic acids is 2. The van der Waals surface area contributed by atoms with Gasteiger partial charge in [0, 0.05) is 18.0 Å². The number of hydrogen-bond acceptors (Lipinski definition) is 10. The number of nitrogens with zero attached hydrogens (tertiary/aromatic N) is 4. The van der Waals surface area contributed by atoms with Gasteiger partial charge in [0.1, 0.15) is 5.04 Å². The molecule has 2 aliphatic heterocycles. The molecule has 3 aromatic rings. The molecule has 39 heavy (non-hydrogen) atoms. The molecule has 0 aliphatic carbocycles. The van der Waals surface area contributed by atoms with E-state index in [0.717, 1.165) is 5.56 Å². The number of carbonyl (C=O) groups is 2. The summed E-state index contributed by atoms with van der Waals surface area (Å²) in [5, 5.41) is 15.2. The first-order chi connectivity index (χ1) is 18.9. The van der Waals surface area contributed by atoms with E-state index in [9.17, 15) is 9.59 Å². The largest absolute Gasteiger partial charge is 0.493 e. The van der Waals surface area contributed by atoms with Gasteiger partial charge in [-0.3, -0.25) is 15.2 Å². The van der Waals surface area contributed by atoms with Crippen LogP contribution in [0, 0.1) is 5.41 Å². The van der Waals surface area contributed by atoms with Crippen LogP contribution < -0.4 is 18.9 Å². The Morgan fingerprint density at radius 2 is 1.72 bits per heavy atom. The van der Waals surface area contributed by atoms with Crippen LogP contribution in [0.15, 0.2) is 76.6 Å². The molecule has 11 nitrogen and oxygen atoms in total. The van der Waals surface area contributed by atoms with Crippen molar-refractivity contribution in [3.8, 4) is 23.0 Å². The van der Waals surface area contributed by atoms with E-state index in [2.05, 4.69) is 15.1 Å². The topological polar surface area (TPSA) is 136 Å². The lowest BCUT2D eigenvalue weighted by Crippen LogP contribution is -2.35. The van der Waals surface area contributed by atoms with Gasteiger partial charge in [-0.15, -0.1) is 0 Å². The van der Waals surface area contributed by atoms with Gasteiger partial charge in [-0.05, 0) is 65.9 Å². The fraction of sp³-hybridized carbons (Fsp3) is 0.111. The van der Waals surface area contributed by atoms with Gasteiger partial charge in [0.05, 0.1) is 32.5 Å². The molecule has 0 bridgehead atoms. The number of ether oxygens (including phenoxy) is 4. The molecule has 1 amide bonds. The molecule has 0 spiro atoms. The van der Waals surface area contributed by atoms with Gasteiger partial charge < -0.3 is 18.9 Å². The van der Waals surface area contributed by atoms with Crippen LogP contribution in [0.25, 0.3) is 6.08 Å². The van der Waals surface area contributed by atoms with Gasteiger partial charge >= 0.3 is 5.97 Å². The summed E-state index contributed by atoms with van der Waals surface area (Å²) < 4.78 is 21.4. The molecule has 0 fully saturated rings. The van der Waals surface area contributed by atoms with Crippen LogP contribution >= 0.6 is 11.8 Å². The highest BCUT2D eigenvalue weighted by Gasteiger charge is 2.36. The summed E-state index contributed by atoms with van der Waals surface area (Å²) in [5.41, 5.74) is 1.60. The number of hydrogen-bond donors (Lipinski definition) is 1. The van der Waals surface area contributed by atoms with Crippen LogP contribution in [0.4, 0.5) is 0 Å². The molecule has 196 valence electrons. The molecule has 2 aliphatic rings. The van der Waals surface area contributed by atoms with Crippen molar-refractivity contribution in [1.82, 2.24) is 9.99 Å². The zero-order chi connectivity index (χ0) is 27.5. The number of amidine groups is 2. The first-order valence-corrected chi connectivity index (χ1v) is 12.3. The average molecular weight is 544 g/mol. The van der Waals surface area contributed by atoms with Gasteiger partial charge in [0.25, 0.3) is 5.91 Å². The molecule has 12 heteroatoms. The van der Waals surface area contributed by atoms with E-state index >= 15 is 0 Å². The van der Waals surface area contributed by atoms with E-state index in [1.54, 1.807) is 48.8 Å². The number of methoxy groups -OCH3 is 3.